The Morgan fingerprint density at radius 2 is 1.65 bits per heavy atom. The highest BCUT2D eigenvalue weighted by atomic mass is 16.5. The highest BCUT2D eigenvalue weighted by molar-refractivity contribution is 5.89. The number of Topliss-reactive ketones (excluding diaryl/α,β-unsaturated/α-hetero) is 1. The fourth-order valence-electron chi connectivity index (χ4n) is 7.90. The quantitative estimate of drug-likeness (QED) is 0.615. The van der Waals surface area contributed by atoms with Gasteiger partial charge in [-0.3, -0.25) is 4.79 Å². The van der Waals surface area contributed by atoms with E-state index in [0.717, 1.165) is 31.6 Å². The molecule has 172 valence electrons. The van der Waals surface area contributed by atoms with E-state index in [9.17, 15) is 9.90 Å². The highest BCUT2D eigenvalue weighted by Gasteiger charge is 2.61. The van der Waals surface area contributed by atoms with E-state index in [1.54, 1.807) is 0 Å². The van der Waals surface area contributed by atoms with Gasteiger partial charge in [0.25, 0.3) is 0 Å². The Bertz CT molecular complexity index is 787. The Balaban J connectivity index is 1.62. The number of aliphatic hydroxyl groups is 1. The standard InChI is InChI=1S/C28H42O3/c1-19-11-12-21-17-24-20(2)13-16-28(30,25(29)18-31-22-9-7-6-8-10-22)27(24,5)15-14-23(19)26(21,3)4/h6-10,19-21,23-24,30H,11-18H2,1-5H3/t19-,20-,21+,23+,24-,27+,28?/m1/s1. The summed E-state index contributed by atoms with van der Waals surface area (Å²) in [7, 11) is 0. The Morgan fingerprint density at radius 3 is 2.35 bits per heavy atom. The average molecular weight is 427 g/mol. The summed E-state index contributed by atoms with van der Waals surface area (Å²) in [6.07, 6.45) is 7.27. The Hall–Kier alpha value is -1.35. The van der Waals surface area contributed by atoms with Crippen molar-refractivity contribution < 1.29 is 14.6 Å². The molecule has 3 heteroatoms. The van der Waals surface area contributed by atoms with Crippen LogP contribution < -0.4 is 4.74 Å². The molecular formula is C28H42O3. The molecule has 0 amide bonds. The van der Waals surface area contributed by atoms with E-state index in [0.29, 0.717) is 41.3 Å². The molecule has 31 heavy (non-hydrogen) atoms. The Morgan fingerprint density at radius 1 is 0.968 bits per heavy atom. The van der Waals surface area contributed by atoms with E-state index in [4.69, 9.17) is 4.74 Å². The molecule has 1 aromatic carbocycles. The number of fused-ring (bicyclic) bond motifs is 3. The van der Waals surface area contributed by atoms with Crippen LogP contribution in [-0.4, -0.2) is 23.1 Å². The van der Waals surface area contributed by atoms with Gasteiger partial charge in [0.15, 0.2) is 0 Å². The molecule has 0 radical (unpaired) electrons. The molecule has 3 aliphatic rings. The zero-order valence-electron chi connectivity index (χ0n) is 20.2. The predicted molar refractivity (Wildman–Crippen MR) is 125 cm³/mol. The van der Waals surface area contributed by atoms with Crippen molar-refractivity contribution in [2.45, 2.75) is 85.2 Å². The monoisotopic (exact) mass is 426 g/mol. The number of carbonyl (C=O) groups excluding carboxylic acids is 1. The normalized spacial score (nSPS) is 42.1. The molecule has 1 N–H and O–H groups in total. The minimum atomic E-state index is -1.29. The number of hydrogen-bond donors (Lipinski definition) is 1. The molecule has 0 heterocycles. The summed E-state index contributed by atoms with van der Waals surface area (Å²) in [6, 6.07) is 9.48. The average Bonchev–Trinajstić information content (AvgIpc) is 2.73. The van der Waals surface area contributed by atoms with Gasteiger partial charge in [0.1, 0.15) is 18.0 Å². The van der Waals surface area contributed by atoms with E-state index >= 15 is 0 Å². The van der Waals surface area contributed by atoms with Crippen LogP contribution in [-0.2, 0) is 4.79 Å². The summed E-state index contributed by atoms with van der Waals surface area (Å²) in [5.41, 5.74) is -1.33. The van der Waals surface area contributed by atoms with Gasteiger partial charge in [-0.15, -0.1) is 0 Å². The lowest BCUT2D eigenvalue weighted by molar-refractivity contribution is -0.191. The van der Waals surface area contributed by atoms with Crippen LogP contribution >= 0.6 is 0 Å². The Kier molecular flexibility index (Phi) is 6.05. The summed E-state index contributed by atoms with van der Waals surface area (Å²) in [4.78, 5) is 13.5. The number of rotatable bonds is 4. The van der Waals surface area contributed by atoms with Crippen molar-refractivity contribution in [3.63, 3.8) is 0 Å². The molecule has 0 aliphatic heterocycles. The highest BCUT2D eigenvalue weighted by Crippen LogP contribution is 2.62. The second-order valence-electron chi connectivity index (χ2n) is 11.9. The zero-order valence-corrected chi connectivity index (χ0v) is 20.2. The molecule has 0 aromatic heterocycles. The van der Waals surface area contributed by atoms with Gasteiger partial charge in [-0.05, 0) is 85.7 Å². The smallest absolute Gasteiger partial charge is 0.202 e. The van der Waals surface area contributed by atoms with E-state index < -0.39 is 5.60 Å². The third-order valence-corrected chi connectivity index (χ3v) is 10.2. The molecule has 1 unspecified atom stereocenters. The first-order chi connectivity index (χ1) is 14.6. The van der Waals surface area contributed by atoms with E-state index in [1.165, 1.54) is 12.8 Å². The number of benzene rings is 1. The van der Waals surface area contributed by atoms with Crippen molar-refractivity contribution in [1.82, 2.24) is 0 Å². The second kappa shape index (κ2) is 8.21. The third-order valence-electron chi connectivity index (χ3n) is 10.2. The van der Waals surface area contributed by atoms with Crippen molar-refractivity contribution in [1.29, 1.82) is 0 Å². The topological polar surface area (TPSA) is 46.5 Å². The van der Waals surface area contributed by atoms with E-state index in [2.05, 4.69) is 34.6 Å². The van der Waals surface area contributed by atoms with Crippen LogP contribution in [0.3, 0.4) is 0 Å². The predicted octanol–water partition coefficient (Wildman–Crippen LogP) is 6.29. The van der Waals surface area contributed by atoms with Gasteiger partial charge in [-0.2, -0.15) is 0 Å². The maximum atomic E-state index is 13.5. The molecule has 3 saturated carbocycles. The lowest BCUT2D eigenvalue weighted by Gasteiger charge is -2.60. The fraction of sp³-hybridized carbons (Fsp3) is 0.750. The van der Waals surface area contributed by atoms with Crippen LogP contribution in [0.5, 0.6) is 5.75 Å². The van der Waals surface area contributed by atoms with Gasteiger partial charge in [0.2, 0.25) is 5.78 Å². The van der Waals surface area contributed by atoms with Gasteiger partial charge in [-0.25, -0.2) is 0 Å². The first kappa shape index (κ1) is 22.8. The lowest BCUT2D eigenvalue weighted by Crippen LogP contribution is -2.63. The molecule has 0 saturated heterocycles. The molecule has 3 nitrogen and oxygen atoms in total. The second-order valence-corrected chi connectivity index (χ2v) is 11.9. The van der Waals surface area contributed by atoms with Crippen molar-refractivity contribution in [2.24, 2.45) is 40.4 Å². The van der Waals surface area contributed by atoms with Crippen LogP contribution in [0, 0.1) is 40.4 Å². The van der Waals surface area contributed by atoms with Crippen LogP contribution in [0.25, 0.3) is 0 Å². The summed E-state index contributed by atoms with van der Waals surface area (Å²) in [5.74, 6) is 3.55. The van der Waals surface area contributed by atoms with E-state index in [1.807, 2.05) is 30.3 Å². The van der Waals surface area contributed by atoms with Gasteiger partial charge < -0.3 is 9.84 Å². The van der Waals surface area contributed by atoms with Crippen molar-refractivity contribution in [2.75, 3.05) is 6.61 Å². The third kappa shape index (κ3) is 3.75. The summed E-state index contributed by atoms with van der Waals surface area (Å²) in [6.45, 7) is 11.9. The summed E-state index contributed by atoms with van der Waals surface area (Å²) < 4.78 is 5.81. The van der Waals surface area contributed by atoms with E-state index in [-0.39, 0.29) is 17.8 Å². The van der Waals surface area contributed by atoms with Gasteiger partial charge in [0.05, 0.1) is 0 Å². The zero-order chi connectivity index (χ0) is 22.4. The maximum absolute atomic E-state index is 13.5. The van der Waals surface area contributed by atoms with Crippen molar-refractivity contribution in [3.8, 4) is 5.75 Å². The summed E-state index contributed by atoms with van der Waals surface area (Å²) in [5, 5.41) is 12.0. The number of ketones is 1. The number of carbonyl (C=O) groups is 1. The SMILES string of the molecule is C[C@@H]1CCC(O)(C(=O)COc2ccccc2)[C@@]2(C)CC[C@H]3[C@H](C)CC[C@@H](C[C@H]12)C3(C)C. The molecule has 7 atom stereocenters. The molecule has 4 rings (SSSR count). The van der Waals surface area contributed by atoms with Crippen LogP contribution in [0.1, 0.15) is 79.6 Å². The molecule has 1 aromatic rings. The fourth-order valence-corrected chi connectivity index (χ4v) is 7.90. The molecule has 3 aliphatic carbocycles. The summed E-state index contributed by atoms with van der Waals surface area (Å²) >= 11 is 0. The van der Waals surface area contributed by atoms with Crippen LogP contribution in [0.4, 0.5) is 0 Å². The maximum Gasteiger partial charge on any atom is 0.202 e. The molecule has 3 fully saturated rings. The largest absolute Gasteiger partial charge is 0.486 e. The molecule has 0 spiro atoms. The minimum Gasteiger partial charge on any atom is -0.486 e. The van der Waals surface area contributed by atoms with Crippen molar-refractivity contribution >= 4 is 5.78 Å². The Labute approximate surface area is 189 Å². The van der Waals surface area contributed by atoms with Crippen molar-refractivity contribution in [3.05, 3.63) is 30.3 Å². The number of hydrogen-bond acceptors (Lipinski definition) is 3. The minimum absolute atomic E-state index is 0.0496. The first-order valence-corrected chi connectivity index (χ1v) is 12.5. The van der Waals surface area contributed by atoms with Gasteiger partial charge >= 0.3 is 0 Å². The van der Waals surface area contributed by atoms with Gasteiger partial charge in [0, 0.05) is 5.41 Å². The number of para-hydroxylation sites is 1. The van der Waals surface area contributed by atoms with Crippen LogP contribution in [0.15, 0.2) is 30.3 Å². The molecule has 2 bridgehead atoms. The lowest BCUT2D eigenvalue weighted by atomic mass is 9.45. The number of ether oxygens (including phenoxy) is 1. The van der Waals surface area contributed by atoms with Gasteiger partial charge in [-0.1, -0.05) is 59.2 Å². The van der Waals surface area contributed by atoms with Crippen LogP contribution in [0.2, 0.25) is 0 Å². The first-order valence-electron chi connectivity index (χ1n) is 12.5. The molecular weight excluding hydrogens is 384 g/mol.